The van der Waals surface area contributed by atoms with Gasteiger partial charge in [0.2, 0.25) is 11.8 Å². The van der Waals surface area contributed by atoms with Gasteiger partial charge in [-0.25, -0.2) is 0 Å². The maximum Gasteiger partial charge on any atom is 0.246 e. The van der Waals surface area contributed by atoms with Crippen molar-refractivity contribution in [2.75, 3.05) is 26.7 Å². The Morgan fingerprint density at radius 3 is 2.61 bits per heavy atom. The number of rotatable bonds is 6. The molecule has 0 atom stereocenters. The normalized spacial score (nSPS) is 15.6. The first-order chi connectivity index (χ1) is 8.54. The second-order valence-corrected chi connectivity index (χ2v) is 4.76. The fourth-order valence-electron chi connectivity index (χ4n) is 1.89. The molecule has 0 unspecified atom stereocenters. The number of aldehydes is 1. The molecule has 0 N–H and O–H groups in total. The number of allylic oxidation sites excluding steroid dienone is 1. The van der Waals surface area contributed by atoms with Gasteiger partial charge in [0.1, 0.15) is 6.29 Å². The Labute approximate surface area is 107 Å². The van der Waals surface area contributed by atoms with Crippen LogP contribution in [0, 0.1) is 5.92 Å². The summed E-state index contributed by atoms with van der Waals surface area (Å²) in [5, 5.41) is 0. The molecule has 1 saturated heterocycles. The molecule has 0 spiro atoms. The van der Waals surface area contributed by atoms with Gasteiger partial charge in [-0.05, 0) is 18.4 Å². The third kappa shape index (κ3) is 4.31. The van der Waals surface area contributed by atoms with Crippen molar-refractivity contribution in [3.05, 3.63) is 12.2 Å². The average molecular weight is 252 g/mol. The van der Waals surface area contributed by atoms with Crippen molar-refractivity contribution in [2.24, 2.45) is 5.92 Å². The summed E-state index contributed by atoms with van der Waals surface area (Å²) in [6.45, 7) is 4.36. The number of likely N-dealkylation sites (tertiary alicyclic amines) is 1. The van der Waals surface area contributed by atoms with Gasteiger partial charge in [0.15, 0.2) is 0 Å². The first-order valence-electron chi connectivity index (χ1n) is 6.19. The minimum atomic E-state index is -0.216. The zero-order valence-electron chi connectivity index (χ0n) is 11.0. The smallest absolute Gasteiger partial charge is 0.246 e. The van der Waals surface area contributed by atoms with E-state index in [2.05, 4.69) is 6.92 Å². The second kappa shape index (κ2) is 6.93. The van der Waals surface area contributed by atoms with Gasteiger partial charge in [-0.15, -0.1) is 0 Å². The summed E-state index contributed by atoms with van der Waals surface area (Å²) in [5.41, 5.74) is 0. The summed E-state index contributed by atoms with van der Waals surface area (Å²) < 4.78 is 0. The van der Waals surface area contributed by atoms with E-state index < -0.39 is 0 Å². The first-order valence-corrected chi connectivity index (χ1v) is 6.19. The van der Waals surface area contributed by atoms with Crippen LogP contribution in [0.4, 0.5) is 0 Å². The molecular formula is C13H20N2O3. The van der Waals surface area contributed by atoms with Gasteiger partial charge in [-0.2, -0.15) is 0 Å². The fraction of sp³-hybridized carbons (Fsp3) is 0.615. The van der Waals surface area contributed by atoms with E-state index in [0.717, 1.165) is 13.1 Å². The van der Waals surface area contributed by atoms with E-state index in [9.17, 15) is 14.4 Å². The lowest BCUT2D eigenvalue weighted by Crippen LogP contribution is -2.48. The van der Waals surface area contributed by atoms with Crippen molar-refractivity contribution in [3.8, 4) is 0 Å². The lowest BCUT2D eigenvalue weighted by Gasteiger charge is -2.37. The van der Waals surface area contributed by atoms with Gasteiger partial charge < -0.3 is 9.80 Å². The Morgan fingerprint density at radius 1 is 1.39 bits per heavy atom. The van der Waals surface area contributed by atoms with Gasteiger partial charge in [0.25, 0.3) is 0 Å². The molecule has 0 aliphatic carbocycles. The number of carbonyl (C=O) groups excluding carboxylic acids is 3. The molecule has 5 heteroatoms. The van der Waals surface area contributed by atoms with E-state index in [0.29, 0.717) is 31.6 Å². The average Bonchev–Trinajstić information content (AvgIpc) is 2.31. The highest BCUT2D eigenvalue weighted by Gasteiger charge is 2.26. The Hall–Kier alpha value is -1.65. The first kappa shape index (κ1) is 14.4. The van der Waals surface area contributed by atoms with Crippen molar-refractivity contribution in [2.45, 2.75) is 19.8 Å². The Morgan fingerprint density at radius 2 is 2.06 bits per heavy atom. The van der Waals surface area contributed by atoms with Crippen LogP contribution in [0.5, 0.6) is 0 Å². The molecule has 2 amide bonds. The standard InChI is InChI=1S/C13H20N2O3/c1-11-9-15(10-11)13(18)5-3-7-14(2)12(17)6-4-8-16/h4,6,8,11H,3,5,7,9-10H2,1-2H3/b6-4-. The van der Waals surface area contributed by atoms with Crippen molar-refractivity contribution in [3.63, 3.8) is 0 Å². The highest BCUT2D eigenvalue weighted by Crippen LogP contribution is 2.15. The van der Waals surface area contributed by atoms with Crippen molar-refractivity contribution >= 4 is 18.1 Å². The van der Waals surface area contributed by atoms with E-state index in [1.165, 1.54) is 17.1 Å². The molecule has 1 aliphatic heterocycles. The minimum absolute atomic E-state index is 0.164. The maximum atomic E-state index is 11.7. The molecule has 1 heterocycles. The quantitative estimate of drug-likeness (QED) is 0.509. The zero-order chi connectivity index (χ0) is 13.5. The van der Waals surface area contributed by atoms with Crippen molar-refractivity contribution < 1.29 is 14.4 Å². The largest absolute Gasteiger partial charge is 0.342 e. The zero-order valence-corrected chi connectivity index (χ0v) is 11.0. The molecule has 0 radical (unpaired) electrons. The van der Waals surface area contributed by atoms with Crippen LogP contribution < -0.4 is 0 Å². The van der Waals surface area contributed by atoms with Crippen molar-refractivity contribution in [1.29, 1.82) is 0 Å². The molecule has 0 bridgehead atoms. The summed E-state index contributed by atoms with van der Waals surface area (Å²) in [6.07, 6.45) is 4.10. The maximum absolute atomic E-state index is 11.7. The molecule has 0 aromatic heterocycles. The number of hydrogen-bond donors (Lipinski definition) is 0. The second-order valence-electron chi connectivity index (χ2n) is 4.76. The summed E-state index contributed by atoms with van der Waals surface area (Å²) in [5.74, 6) is 0.566. The van der Waals surface area contributed by atoms with Crippen LogP contribution in [0.25, 0.3) is 0 Å². The Bertz CT molecular complexity index is 346. The van der Waals surface area contributed by atoms with Gasteiger partial charge in [-0.1, -0.05) is 6.92 Å². The topological polar surface area (TPSA) is 57.7 Å². The molecule has 1 aliphatic rings. The van der Waals surface area contributed by atoms with Crippen LogP contribution in [0.3, 0.4) is 0 Å². The molecule has 100 valence electrons. The van der Waals surface area contributed by atoms with E-state index in [1.54, 1.807) is 7.05 Å². The number of hydrogen-bond acceptors (Lipinski definition) is 3. The molecule has 18 heavy (non-hydrogen) atoms. The summed E-state index contributed by atoms with van der Waals surface area (Å²) in [6, 6.07) is 0. The molecular weight excluding hydrogens is 232 g/mol. The van der Waals surface area contributed by atoms with Crippen LogP contribution in [-0.4, -0.2) is 54.6 Å². The highest BCUT2D eigenvalue weighted by molar-refractivity contribution is 5.90. The van der Waals surface area contributed by atoms with Crippen LogP contribution in [0.1, 0.15) is 19.8 Å². The molecule has 5 nitrogen and oxygen atoms in total. The number of likely N-dealkylation sites (N-methyl/N-ethyl adjacent to an activating group) is 1. The third-order valence-electron chi connectivity index (χ3n) is 2.99. The highest BCUT2D eigenvalue weighted by atomic mass is 16.2. The van der Waals surface area contributed by atoms with Crippen molar-refractivity contribution in [1.82, 2.24) is 9.80 Å². The SMILES string of the molecule is CC1CN(C(=O)CCCN(C)C(=O)/C=C\C=O)C1. The molecule has 1 fully saturated rings. The molecule has 0 saturated carbocycles. The predicted octanol–water partition coefficient (Wildman–Crippen LogP) is 0.458. The van der Waals surface area contributed by atoms with Gasteiger partial charge >= 0.3 is 0 Å². The van der Waals surface area contributed by atoms with E-state index in [1.807, 2.05) is 4.90 Å². The molecule has 0 aromatic rings. The number of nitrogens with zero attached hydrogens (tertiary/aromatic N) is 2. The third-order valence-corrected chi connectivity index (χ3v) is 2.99. The monoisotopic (exact) mass is 252 g/mol. The van der Waals surface area contributed by atoms with Gasteiger partial charge in [-0.3, -0.25) is 14.4 Å². The van der Waals surface area contributed by atoms with Gasteiger partial charge in [0.05, 0.1) is 0 Å². The fourth-order valence-corrected chi connectivity index (χ4v) is 1.89. The van der Waals surface area contributed by atoms with Crippen LogP contribution in [0.15, 0.2) is 12.2 Å². The lowest BCUT2D eigenvalue weighted by atomic mass is 10.0. The lowest BCUT2D eigenvalue weighted by molar-refractivity contribution is -0.137. The number of carbonyl (C=O) groups is 3. The molecule has 1 rings (SSSR count). The van der Waals surface area contributed by atoms with Crippen LogP contribution in [-0.2, 0) is 14.4 Å². The Kier molecular flexibility index (Phi) is 5.55. The molecule has 0 aromatic carbocycles. The van der Waals surface area contributed by atoms with E-state index >= 15 is 0 Å². The predicted molar refractivity (Wildman–Crippen MR) is 67.8 cm³/mol. The minimum Gasteiger partial charge on any atom is -0.342 e. The summed E-state index contributed by atoms with van der Waals surface area (Å²) >= 11 is 0. The van der Waals surface area contributed by atoms with Crippen LogP contribution in [0.2, 0.25) is 0 Å². The van der Waals surface area contributed by atoms with E-state index in [4.69, 9.17) is 0 Å². The summed E-state index contributed by atoms with van der Waals surface area (Å²) in [7, 11) is 1.66. The Balaban J connectivity index is 2.17. The summed E-state index contributed by atoms with van der Waals surface area (Å²) in [4.78, 5) is 36.5. The van der Waals surface area contributed by atoms with E-state index in [-0.39, 0.29) is 11.8 Å². The van der Waals surface area contributed by atoms with Crippen LogP contribution >= 0.6 is 0 Å². The van der Waals surface area contributed by atoms with Gasteiger partial charge in [0, 0.05) is 39.2 Å². The number of amides is 2.